The number of hydrogen-bond donors (Lipinski definition) is 1. The Morgan fingerprint density at radius 2 is 1.93 bits per heavy atom. The average Bonchev–Trinajstić information content (AvgIpc) is 2.97. The van der Waals surface area contributed by atoms with Crippen LogP contribution in [-0.2, 0) is 9.59 Å². The number of carbonyl (C=O) groups is 2. The zero-order valence-electron chi connectivity index (χ0n) is 14.5. The highest BCUT2D eigenvalue weighted by Gasteiger charge is 2.40. The lowest BCUT2D eigenvalue weighted by molar-refractivity contribution is -0.138. The first-order valence-electron chi connectivity index (χ1n) is 8.11. The summed E-state index contributed by atoms with van der Waals surface area (Å²) in [6.07, 6.45) is 1.29. The third-order valence-corrected chi connectivity index (χ3v) is 4.90. The van der Waals surface area contributed by atoms with E-state index >= 15 is 0 Å². The van der Waals surface area contributed by atoms with Crippen LogP contribution in [0.25, 0.3) is 0 Å². The maximum atomic E-state index is 12.7. The molecule has 1 fully saturated rings. The highest BCUT2D eigenvalue weighted by molar-refractivity contribution is 8.16. The van der Waals surface area contributed by atoms with Crippen LogP contribution in [0.1, 0.15) is 12.0 Å². The molecular weight excluding hydrogens is 366 g/mol. The van der Waals surface area contributed by atoms with Gasteiger partial charge < -0.3 is 9.84 Å². The number of carbonyl (C=O) groups excluding carboxylic acids is 1. The Bertz CT molecular complexity index is 882. The van der Waals surface area contributed by atoms with Gasteiger partial charge in [0.1, 0.15) is 11.0 Å². The van der Waals surface area contributed by atoms with Gasteiger partial charge in [-0.25, -0.2) is 0 Å². The average molecular weight is 383 g/mol. The van der Waals surface area contributed by atoms with Crippen molar-refractivity contribution in [3.63, 3.8) is 0 Å². The molecule has 1 atom stereocenters. The van der Waals surface area contributed by atoms with Gasteiger partial charge in [-0.05, 0) is 42.0 Å². The number of ether oxygens (including phenoxy) is 1. The molecule has 1 unspecified atom stereocenters. The summed E-state index contributed by atoms with van der Waals surface area (Å²) >= 11 is 1.10. The van der Waals surface area contributed by atoms with Crippen molar-refractivity contribution < 1.29 is 19.4 Å². The minimum atomic E-state index is -1.03. The third kappa shape index (κ3) is 4.53. The minimum absolute atomic E-state index is 0.270. The monoisotopic (exact) mass is 383 g/mol. The molecule has 2 aromatic rings. The van der Waals surface area contributed by atoms with E-state index in [1.165, 1.54) is 4.90 Å². The normalized spacial score (nSPS) is 18.4. The number of rotatable bonds is 6. The first kappa shape index (κ1) is 18.7. The molecule has 1 aliphatic rings. The molecule has 0 aromatic heterocycles. The van der Waals surface area contributed by atoms with E-state index in [-0.39, 0.29) is 12.3 Å². The Labute approximate surface area is 160 Å². The number of para-hydroxylation sites is 1. The van der Waals surface area contributed by atoms with E-state index in [9.17, 15) is 9.59 Å². The lowest BCUT2D eigenvalue weighted by atomic mass is 10.2. The van der Waals surface area contributed by atoms with Crippen LogP contribution >= 0.6 is 11.8 Å². The summed E-state index contributed by atoms with van der Waals surface area (Å²) in [6.45, 7) is 0. The molecule has 0 aliphatic carbocycles. The van der Waals surface area contributed by atoms with E-state index < -0.39 is 11.2 Å². The van der Waals surface area contributed by atoms with Crippen molar-refractivity contribution in [2.45, 2.75) is 11.7 Å². The third-order valence-electron chi connectivity index (χ3n) is 3.78. The number of nitrogens with zero attached hydrogens (tertiary/aromatic N) is 3. The Balaban J connectivity index is 1.85. The van der Waals surface area contributed by atoms with Crippen molar-refractivity contribution in [2.75, 3.05) is 12.0 Å². The second-order valence-corrected chi connectivity index (χ2v) is 6.78. The van der Waals surface area contributed by atoms with Gasteiger partial charge in [0.25, 0.3) is 0 Å². The zero-order chi connectivity index (χ0) is 19.2. The van der Waals surface area contributed by atoms with Gasteiger partial charge in [0.15, 0.2) is 5.17 Å². The smallest absolute Gasteiger partial charge is 0.305 e. The molecule has 0 saturated carbocycles. The molecule has 1 saturated heterocycles. The molecule has 2 aromatic carbocycles. The van der Waals surface area contributed by atoms with Crippen molar-refractivity contribution in [1.82, 2.24) is 0 Å². The quantitative estimate of drug-likeness (QED) is 0.612. The summed E-state index contributed by atoms with van der Waals surface area (Å²) in [7, 11) is 1.59. The summed E-state index contributed by atoms with van der Waals surface area (Å²) in [5.74, 6) is -0.606. The molecule has 8 heteroatoms. The highest BCUT2D eigenvalue weighted by Crippen LogP contribution is 2.33. The number of amidine groups is 1. The zero-order valence-corrected chi connectivity index (χ0v) is 15.3. The van der Waals surface area contributed by atoms with E-state index in [0.29, 0.717) is 10.9 Å². The fourth-order valence-corrected chi connectivity index (χ4v) is 3.56. The summed E-state index contributed by atoms with van der Waals surface area (Å²) < 4.78 is 5.11. The van der Waals surface area contributed by atoms with Gasteiger partial charge in [-0.2, -0.15) is 5.10 Å². The van der Waals surface area contributed by atoms with E-state index in [2.05, 4.69) is 10.2 Å². The Hall–Kier alpha value is -3.13. The summed E-state index contributed by atoms with van der Waals surface area (Å²) in [5, 5.41) is 16.9. The number of anilines is 1. The van der Waals surface area contributed by atoms with Gasteiger partial charge in [-0.1, -0.05) is 30.0 Å². The number of benzene rings is 2. The van der Waals surface area contributed by atoms with Crippen molar-refractivity contribution in [1.29, 1.82) is 0 Å². The Morgan fingerprint density at radius 1 is 1.22 bits per heavy atom. The first-order valence-corrected chi connectivity index (χ1v) is 8.99. The van der Waals surface area contributed by atoms with Crippen LogP contribution in [-0.4, -0.2) is 40.7 Å². The first-order chi connectivity index (χ1) is 13.1. The van der Waals surface area contributed by atoms with Crippen LogP contribution in [0.3, 0.4) is 0 Å². The maximum Gasteiger partial charge on any atom is 0.305 e. The van der Waals surface area contributed by atoms with Crippen LogP contribution in [0.15, 0.2) is 64.8 Å². The fourth-order valence-electron chi connectivity index (χ4n) is 2.47. The molecular formula is C19H17N3O4S. The van der Waals surface area contributed by atoms with Crippen molar-refractivity contribution in [2.24, 2.45) is 10.2 Å². The van der Waals surface area contributed by atoms with Gasteiger partial charge in [-0.3, -0.25) is 14.5 Å². The fraction of sp³-hybridized carbons (Fsp3) is 0.158. The van der Waals surface area contributed by atoms with Gasteiger partial charge in [0.2, 0.25) is 5.91 Å². The van der Waals surface area contributed by atoms with Crippen LogP contribution in [0.4, 0.5) is 5.69 Å². The standard InChI is InChI=1S/C19H17N3O4S/c1-26-15-9-7-13(8-10-15)12-20-21-19-22(14-5-3-2-4-6-14)18(25)16(27-19)11-17(23)24/h2-10,12,16H,11H2,1H3,(H,23,24)/b20-12+,21-19-. The van der Waals surface area contributed by atoms with Crippen molar-refractivity contribution >= 4 is 40.7 Å². The lowest BCUT2D eigenvalue weighted by Gasteiger charge is -2.15. The predicted molar refractivity (Wildman–Crippen MR) is 106 cm³/mol. The minimum Gasteiger partial charge on any atom is -0.497 e. The van der Waals surface area contributed by atoms with Gasteiger partial charge in [-0.15, -0.1) is 5.10 Å². The van der Waals surface area contributed by atoms with Crippen molar-refractivity contribution in [3.05, 3.63) is 60.2 Å². The van der Waals surface area contributed by atoms with E-state index in [1.54, 1.807) is 37.6 Å². The van der Waals surface area contributed by atoms with Crippen LogP contribution < -0.4 is 9.64 Å². The van der Waals surface area contributed by atoms with E-state index in [4.69, 9.17) is 9.84 Å². The second kappa shape index (κ2) is 8.50. The number of aliphatic carboxylic acids is 1. The number of methoxy groups -OCH3 is 1. The molecule has 27 heavy (non-hydrogen) atoms. The van der Waals surface area contributed by atoms with Crippen LogP contribution in [0.2, 0.25) is 0 Å². The predicted octanol–water partition coefficient (Wildman–Crippen LogP) is 3.01. The molecule has 3 rings (SSSR count). The summed E-state index contributed by atoms with van der Waals surface area (Å²) in [4.78, 5) is 25.1. The number of hydrogen-bond acceptors (Lipinski definition) is 6. The molecule has 0 radical (unpaired) electrons. The Morgan fingerprint density at radius 3 is 2.56 bits per heavy atom. The largest absolute Gasteiger partial charge is 0.497 e. The topological polar surface area (TPSA) is 91.6 Å². The molecule has 0 spiro atoms. The summed E-state index contributed by atoms with van der Waals surface area (Å²) in [5.41, 5.74) is 1.45. The Kier molecular flexibility index (Phi) is 5.87. The molecule has 138 valence electrons. The van der Waals surface area contributed by atoms with Gasteiger partial charge in [0.05, 0.1) is 25.4 Å². The molecule has 1 N–H and O–H groups in total. The molecule has 1 amide bonds. The SMILES string of the molecule is COc1ccc(/C=N/N=C2\SC(CC(=O)O)C(=O)N2c2ccccc2)cc1. The number of carboxylic acid groups (broad SMARTS) is 1. The number of carboxylic acids is 1. The van der Waals surface area contributed by atoms with Crippen molar-refractivity contribution in [3.8, 4) is 5.75 Å². The van der Waals surface area contributed by atoms with Crippen LogP contribution in [0.5, 0.6) is 5.75 Å². The number of amides is 1. The highest BCUT2D eigenvalue weighted by atomic mass is 32.2. The maximum absolute atomic E-state index is 12.7. The lowest BCUT2D eigenvalue weighted by Crippen LogP contribution is -2.32. The van der Waals surface area contributed by atoms with Gasteiger partial charge >= 0.3 is 5.97 Å². The van der Waals surface area contributed by atoms with Crippen LogP contribution in [0, 0.1) is 0 Å². The van der Waals surface area contributed by atoms with E-state index in [1.807, 2.05) is 30.3 Å². The summed E-state index contributed by atoms with van der Waals surface area (Å²) in [6, 6.07) is 16.3. The van der Waals surface area contributed by atoms with Gasteiger partial charge in [0, 0.05) is 0 Å². The molecule has 1 aliphatic heterocycles. The molecule has 0 bridgehead atoms. The number of thioether (sulfide) groups is 1. The molecule has 1 heterocycles. The molecule has 7 nitrogen and oxygen atoms in total. The second-order valence-electron chi connectivity index (χ2n) is 5.61. The van der Waals surface area contributed by atoms with E-state index in [0.717, 1.165) is 23.1 Å².